The van der Waals surface area contributed by atoms with E-state index in [4.69, 9.17) is 9.84 Å². The van der Waals surface area contributed by atoms with E-state index in [9.17, 15) is 4.79 Å². The minimum absolute atomic E-state index is 0.0927. The number of aliphatic carboxylic acids is 1. The summed E-state index contributed by atoms with van der Waals surface area (Å²) < 4.78 is 6.68. The van der Waals surface area contributed by atoms with Gasteiger partial charge in [-0.1, -0.05) is 30.3 Å². The van der Waals surface area contributed by atoms with Crippen LogP contribution in [0, 0.1) is 0 Å². The first kappa shape index (κ1) is 13.2. The minimum Gasteiger partial charge on any atom is -0.481 e. The molecule has 0 bridgehead atoms. The Morgan fingerprint density at radius 1 is 1.42 bits per heavy atom. The van der Waals surface area contributed by atoms with Crippen molar-refractivity contribution in [3.05, 3.63) is 30.3 Å². The molecule has 0 saturated heterocycles. The maximum absolute atomic E-state index is 10.7. The van der Waals surface area contributed by atoms with Crippen molar-refractivity contribution in [3.8, 4) is 11.4 Å². The number of carbonyl (C=O) groups is 1. The van der Waals surface area contributed by atoms with Crippen molar-refractivity contribution in [1.29, 1.82) is 0 Å². The van der Waals surface area contributed by atoms with Crippen LogP contribution in [-0.4, -0.2) is 44.5 Å². The third kappa shape index (κ3) is 3.35. The van der Waals surface area contributed by atoms with Gasteiger partial charge in [-0.15, -0.1) is 5.10 Å². The van der Waals surface area contributed by atoms with Crippen molar-refractivity contribution >= 4 is 5.97 Å². The van der Waals surface area contributed by atoms with E-state index in [-0.39, 0.29) is 6.42 Å². The van der Waals surface area contributed by atoms with E-state index in [1.807, 2.05) is 30.3 Å². The van der Waals surface area contributed by atoms with E-state index in [0.29, 0.717) is 12.4 Å². The summed E-state index contributed by atoms with van der Waals surface area (Å²) in [5.41, 5.74) is 0.873. The van der Waals surface area contributed by atoms with Gasteiger partial charge in [-0.2, -0.15) is 0 Å². The van der Waals surface area contributed by atoms with Gasteiger partial charge >= 0.3 is 5.97 Å². The Balaban J connectivity index is 2.18. The highest BCUT2D eigenvalue weighted by Crippen LogP contribution is 2.15. The first-order chi connectivity index (χ1) is 9.20. The van der Waals surface area contributed by atoms with E-state index in [1.54, 1.807) is 4.68 Å². The Morgan fingerprint density at radius 3 is 2.79 bits per heavy atom. The molecule has 1 unspecified atom stereocenters. The van der Waals surface area contributed by atoms with Gasteiger partial charge in [-0.3, -0.25) is 4.79 Å². The first-order valence-electron chi connectivity index (χ1n) is 5.77. The molecular formula is C12H14N4O3. The molecule has 0 aliphatic carbocycles. The summed E-state index contributed by atoms with van der Waals surface area (Å²) in [5, 5.41) is 20.2. The van der Waals surface area contributed by atoms with Crippen LogP contribution in [0.25, 0.3) is 11.4 Å². The second kappa shape index (κ2) is 6.05. The topological polar surface area (TPSA) is 90.1 Å². The third-order valence-electron chi connectivity index (χ3n) is 2.68. The van der Waals surface area contributed by atoms with Gasteiger partial charge in [0.25, 0.3) is 0 Å². The number of hydrogen-bond acceptors (Lipinski definition) is 5. The zero-order valence-electron chi connectivity index (χ0n) is 10.4. The molecule has 7 heteroatoms. The van der Waals surface area contributed by atoms with Gasteiger partial charge in [0, 0.05) is 12.7 Å². The van der Waals surface area contributed by atoms with Crippen LogP contribution in [0.4, 0.5) is 0 Å². The molecule has 0 spiro atoms. The summed E-state index contributed by atoms with van der Waals surface area (Å²) in [5.74, 6) is -0.325. The summed E-state index contributed by atoms with van der Waals surface area (Å²) in [6.07, 6.45) is -0.562. The van der Waals surface area contributed by atoms with E-state index in [0.717, 1.165) is 5.56 Å². The highest BCUT2D eigenvalue weighted by molar-refractivity contribution is 5.67. The molecule has 2 rings (SSSR count). The minimum atomic E-state index is -0.916. The predicted octanol–water partition coefficient (Wildman–Crippen LogP) is 0.830. The van der Waals surface area contributed by atoms with E-state index >= 15 is 0 Å². The smallest absolute Gasteiger partial charge is 0.306 e. The standard InChI is InChI=1S/C12H14N4O3/c1-19-10(7-11(17)18)8-16-12(13-14-15-16)9-5-3-2-4-6-9/h2-6,10H,7-8H2,1H3,(H,17,18). The molecule has 1 N–H and O–H groups in total. The Morgan fingerprint density at radius 2 is 2.16 bits per heavy atom. The number of hydrogen-bond donors (Lipinski definition) is 1. The average Bonchev–Trinajstić information content (AvgIpc) is 2.86. The Hall–Kier alpha value is -2.28. The van der Waals surface area contributed by atoms with Gasteiger partial charge in [0.2, 0.25) is 0 Å². The maximum atomic E-state index is 10.7. The lowest BCUT2D eigenvalue weighted by Crippen LogP contribution is -2.23. The van der Waals surface area contributed by atoms with E-state index < -0.39 is 12.1 Å². The number of tetrazole rings is 1. The molecule has 0 saturated carbocycles. The van der Waals surface area contributed by atoms with Crippen LogP contribution in [0.2, 0.25) is 0 Å². The van der Waals surface area contributed by atoms with Crippen molar-refractivity contribution in [2.75, 3.05) is 7.11 Å². The van der Waals surface area contributed by atoms with Crippen molar-refractivity contribution in [3.63, 3.8) is 0 Å². The van der Waals surface area contributed by atoms with Crippen LogP contribution >= 0.6 is 0 Å². The average molecular weight is 262 g/mol. The van der Waals surface area contributed by atoms with Crippen LogP contribution in [0.5, 0.6) is 0 Å². The highest BCUT2D eigenvalue weighted by Gasteiger charge is 2.17. The van der Waals surface area contributed by atoms with Crippen LogP contribution in [0.15, 0.2) is 30.3 Å². The number of ether oxygens (including phenoxy) is 1. The molecule has 1 heterocycles. The molecule has 1 aromatic heterocycles. The lowest BCUT2D eigenvalue weighted by Gasteiger charge is -2.13. The lowest BCUT2D eigenvalue weighted by atomic mass is 10.2. The van der Waals surface area contributed by atoms with Gasteiger partial charge in [-0.25, -0.2) is 4.68 Å². The number of methoxy groups -OCH3 is 1. The zero-order chi connectivity index (χ0) is 13.7. The van der Waals surface area contributed by atoms with Gasteiger partial charge < -0.3 is 9.84 Å². The van der Waals surface area contributed by atoms with Crippen molar-refractivity contribution in [2.45, 2.75) is 19.1 Å². The monoisotopic (exact) mass is 262 g/mol. The normalized spacial score (nSPS) is 12.3. The number of nitrogens with zero attached hydrogens (tertiary/aromatic N) is 4. The molecule has 0 amide bonds. The second-order valence-electron chi connectivity index (χ2n) is 4.01. The molecule has 0 aliphatic heterocycles. The first-order valence-corrected chi connectivity index (χ1v) is 5.77. The second-order valence-corrected chi connectivity index (χ2v) is 4.01. The Labute approximate surface area is 109 Å². The quantitative estimate of drug-likeness (QED) is 0.829. The number of carboxylic acids is 1. The van der Waals surface area contributed by atoms with Crippen LogP contribution in [0.1, 0.15) is 6.42 Å². The highest BCUT2D eigenvalue weighted by atomic mass is 16.5. The van der Waals surface area contributed by atoms with Crippen molar-refractivity contribution in [2.24, 2.45) is 0 Å². The molecule has 19 heavy (non-hydrogen) atoms. The molecule has 100 valence electrons. The summed E-state index contributed by atoms with van der Waals surface area (Å²) >= 11 is 0. The van der Waals surface area contributed by atoms with Gasteiger partial charge in [-0.05, 0) is 10.4 Å². The van der Waals surface area contributed by atoms with E-state index in [2.05, 4.69) is 15.5 Å². The molecule has 7 nitrogen and oxygen atoms in total. The molecule has 0 aliphatic rings. The summed E-state index contributed by atoms with van der Waals surface area (Å²) in [4.78, 5) is 10.7. The fraction of sp³-hybridized carbons (Fsp3) is 0.333. The maximum Gasteiger partial charge on any atom is 0.306 e. The molecule has 0 radical (unpaired) electrons. The summed E-state index contributed by atoms with van der Waals surface area (Å²) in [6.45, 7) is 0.292. The van der Waals surface area contributed by atoms with Crippen LogP contribution in [0.3, 0.4) is 0 Å². The SMILES string of the molecule is COC(CC(=O)O)Cn1nnnc1-c1ccccc1. The van der Waals surface area contributed by atoms with Gasteiger partial charge in [0.15, 0.2) is 5.82 Å². The molecule has 1 atom stereocenters. The molecule has 1 aromatic carbocycles. The van der Waals surface area contributed by atoms with Crippen LogP contribution < -0.4 is 0 Å². The summed E-state index contributed by atoms with van der Waals surface area (Å²) in [6, 6.07) is 9.46. The molecule has 0 fully saturated rings. The molecular weight excluding hydrogens is 248 g/mol. The van der Waals surface area contributed by atoms with Crippen molar-refractivity contribution < 1.29 is 14.6 Å². The number of carboxylic acid groups (broad SMARTS) is 1. The number of rotatable bonds is 6. The van der Waals surface area contributed by atoms with Crippen LogP contribution in [-0.2, 0) is 16.1 Å². The summed E-state index contributed by atoms with van der Waals surface area (Å²) in [7, 11) is 1.47. The van der Waals surface area contributed by atoms with Gasteiger partial charge in [0.1, 0.15) is 0 Å². The van der Waals surface area contributed by atoms with Gasteiger partial charge in [0.05, 0.1) is 19.1 Å². The Bertz CT molecular complexity index is 541. The van der Waals surface area contributed by atoms with E-state index in [1.165, 1.54) is 7.11 Å². The third-order valence-corrected chi connectivity index (χ3v) is 2.68. The fourth-order valence-corrected chi connectivity index (χ4v) is 1.73. The number of benzene rings is 1. The Kier molecular flexibility index (Phi) is 4.19. The lowest BCUT2D eigenvalue weighted by molar-refractivity contribution is -0.139. The largest absolute Gasteiger partial charge is 0.481 e. The predicted molar refractivity (Wildman–Crippen MR) is 66.3 cm³/mol. The van der Waals surface area contributed by atoms with Crippen molar-refractivity contribution in [1.82, 2.24) is 20.2 Å². The zero-order valence-corrected chi connectivity index (χ0v) is 10.4. The number of aromatic nitrogens is 4. The fourth-order valence-electron chi connectivity index (χ4n) is 1.73. The molecule has 2 aromatic rings.